The van der Waals surface area contributed by atoms with Crippen molar-refractivity contribution in [3.63, 3.8) is 0 Å². The number of rotatable bonds is 5. The van der Waals surface area contributed by atoms with Gasteiger partial charge in [-0.25, -0.2) is 0 Å². The van der Waals surface area contributed by atoms with E-state index in [0.717, 1.165) is 19.6 Å². The molecule has 0 saturated carbocycles. The molecule has 1 saturated heterocycles. The maximum atomic E-state index is 13.0. The molecule has 2 aromatic carbocycles. The first-order valence-electron chi connectivity index (χ1n) is 9.05. The lowest BCUT2D eigenvalue weighted by atomic mass is 10.1. The van der Waals surface area contributed by atoms with Gasteiger partial charge in [-0.1, -0.05) is 53.5 Å². The summed E-state index contributed by atoms with van der Waals surface area (Å²) in [5.41, 5.74) is 0.289. The van der Waals surface area contributed by atoms with Crippen LogP contribution in [0.25, 0.3) is 0 Å². The Morgan fingerprint density at radius 1 is 1.04 bits per heavy atom. The van der Waals surface area contributed by atoms with Gasteiger partial charge in [-0.15, -0.1) is 0 Å². The summed E-state index contributed by atoms with van der Waals surface area (Å²) in [6.45, 7) is 7.52. The fraction of sp³-hybridized carbons (Fsp3) is 0.381. The van der Waals surface area contributed by atoms with Crippen molar-refractivity contribution < 1.29 is 9.53 Å². The van der Waals surface area contributed by atoms with Crippen LogP contribution < -0.4 is 4.74 Å². The van der Waals surface area contributed by atoms with Crippen LogP contribution in [0, 0.1) is 0 Å². The van der Waals surface area contributed by atoms with Crippen LogP contribution in [0.2, 0.25) is 10.0 Å². The largest absolute Gasteiger partial charge is 0.476 e. The smallest absolute Gasteiger partial charge is 0.266 e. The monoisotopic (exact) mass is 406 g/mol. The predicted octanol–water partition coefficient (Wildman–Crippen LogP) is 4.50. The molecule has 2 aromatic rings. The Hall–Kier alpha value is -1.75. The molecular formula is C21H24Cl2N2O2. The lowest BCUT2D eigenvalue weighted by Gasteiger charge is -2.38. The summed E-state index contributed by atoms with van der Waals surface area (Å²) in [6, 6.07) is 15.4. The highest BCUT2D eigenvalue weighted by molar-refractivity contribution is 6.35. The molecule has 0 aromatic heterocycles. The molecule has 0 atom stereocenters. The van der Waals surface area contributed by atoms with E-state index in [1.165, 1.54) is 5.56 Å². The summed E-state index contributed by atoms with van der Waals surface area (Å²) in [6.07, 6.45) is 0. The molecule has 1 heterocycles. The van der Waals surface area contributed by atoms with Crippen molar-refractivity contribution in [2.45, 2.75) is 26.0 Å². The SMILES string of the molecule is CC(C)(Oc1ccc(Cl)cc1Cl)C(=O)N1CCN(Cc2ccccc2)CC1. The summed E-state index contributed by atoms with van der Waals surface area (Å²) in [7, 11) is 0. The van der Waals surface area contributed by atoms with Crippen molar-refractivity contribution in [3.8, 4) is 5.75 Å². The van der Waals surface area contributed by atoms with Gasteiger partial charge in [-0.05, 0) is 37.6 Å². The Balaban J connectivity index is 1.57. The van der Waals surface area contributed by atoms with E-state index in [9.17, 15) is 4.79 Å². The number of hydrogen-bond donors (Lipinski definition) is 0. The normalized spacial score (nSPS) is 15.6. The first-order valence-corrected chi connectivity index (χ1v) is 9.80. The van der Waals surface area contributed by atoms with Crippen LogP contribution in [0.4, 0.5) is 0 Å². The lowest BCUT2D eigenvalue weighted by molar-refractivity contribution is -0.147. The van der Waals surface area contributed by atoms with E-state index in [1.807, 2.05) is 11.0 Å². The second-order valence-electron chi connectivity index (χ2n) is 7.24. The quantitative estimate of drug-likeness (QED) is 0.732. The average molecular weight is 407 g/mol. The molecule has 3 rings (SSSR count). The molecule has 1 aliphatic heterocycles. The van der Waals surface area contributed by atoms with E-state index < -0.39 is 5.60 Å². The second-order valence-corrected chi connectivity index (χ2v) is 8.08. The van der Waals surface area contributed by atoms with E-state index >= 15 is 0 Å². The lowest BCUT2D eigenvalue weighted by Crippen LogP contribution is -2.55. The van der Waals surface area contributed by atoms with E-state index in [-0.39, 0.29) is 5.91 Å². The van der Waals surface area contributed by atoms with Crippen molar-refractivity contribution in [3.05, 3.63) is 64.1 Å². The summed E-state index contributed by atoms with van der Waals surface area (Å²) in [5.74, 6) is 0.426. The molecule has 0 unspecified atom stereocenters. The molecule has 1 aliphatic rings. The van der Waals surface area contributed by atoms with Crippen molar-refractivity contribution in [2.75, 3.05) is 26.2 Å². The number of halogens is 2. The third-order valence-corrected chi connectivity index (χ3v) is 5.21. The van der Waals surface area contributed by atoms with Gasteiger partial charge in [0.15, 0.2) is 5.60 Å². The van der Waals surface area contributed by atoms with E-state index in [1.54, 1.807) is 32.0 Å². The Kier molecular flexibility index (Phi) is 6.30. The van der Waals surface area contributed by atoms with Crippen LogP contribution in [-0.4, -0.2) is 47.5 Å². The van der Waals surface area contributed by atoms with Crippen molar-refractivity contribution >= 4 is 29.1 Å². The van der Waals surface area contributed by atoms with Gasteiger partial charge in [-0.3, -0.25) is 9.69 Å². The molecule has 0 aliphatic carbocycles. The molecule has 144 valence electrons. The maximum Gasteiger partial charge on any atom is 0.266 e. The number of carbonyl (C=O) groups excluding carboxylic acids is 1. The Morgan fingerprint density at radius 3 is 2.33 bits per heavy atom. The number of benzene rings is 2. The van der Waals surface area contributed by atoms with Crippen molar-refractivity contribution in [2.24, 2.45) is 0 Å². The van der Waals surface area contributed by atoms with Crippen LogP contribution in [0.15, 0.2) is 48.5 Å². The molecule has 1 amide bonds. The Bertz CT molecular complexity index is 788. The first kappa shape index (κ1) is 20.0. The molecule has 0 spiro atoms. The highest BCUT2D eigenvalue weighted by atomic mass is 35.5. The van der Waals surface area contributed by atoms with Gasteiger partial charge in [0.2, 0.25) is 0 Å². The molecule has 0 N–H and O–H groups in total. The van der Waals surface area contributed by atoms with Crippen molar-refractivity contribution in [1.29, 1.82) is 0 Å². The zero-order valence-electron chi connectivity index (χ0n) is 15.6. The van der Waals surface area contributed by atoms with Crippen LogP contribution in [0.3, 0.4) is 0 Å². The van der Waals surface area contributed by atoms with E-state index in [2.05, 4.69) is 29.2 Å². The van der Waals surface area contributed by atoms with Crippen LogP contribution in [0.5, 0.6) is 5.75 Å². The van der Waals surface area contributed by atoms with Gasteiger partial charge >= 0.3 is 0 Å². The molecule has 0 bridgehead atoms. The van der Waals surface area contributed by atoms with Crippen molar-refractivity contribution in [1.82, 2.24) is 9.80 Å². The summed E-state index contributed by atoms with van der Waals surface area (Å²) >= 11 is 12.1. The summed E-state index contributed by atoms with van der Waals surface area (Å²) < 4.78 is 5.93. The number of nitrogens with zero attached hydrogens (tertiary/aromatic N) is 2. The standard InChI is InChI=1S/C21H24Cl2N2O2/c1-21(2,27-19-9-8-17(22)14-18(19)23)20(26)25-12-10-24(11-13-25)15-16-6-4-3-5-7-16/h3-9,14H,10-13,15H2,1-2H3. The van der Waals surface area contributed by atoms with Crippen LogP contribution in [0.1, 0.15) is 19.4 Å². The minimum absolute atomic E-state index is 0.0344. The summed E-state index contributed by atoms with van der Waals surface area (Å²) in [5, 5.41) is 0.932. The number of hydrogen-bond acceptors (Lipinski definition) is 3. The van der Waals surface area contributed by atoms with Gasteiger partial charge in [-0.2, -0.15) is 0 Å². The molecule has 0 radical (unpaired) electrons. The number of ether oxygens (including phenoxy) is 1. The molecule has 4 nitrogen and oxygen atoms in total. The fourth-order valence-electron chi connectivity index (χ4n) is 3.21. The second kappa shape index (κ2) is 8.51. The topological polar surface area (TPSA) is 32.8 Å². The number of carbonyl (C=O) groups is 1. The minimum Gasteiger partial charge on any atom is -0.476 e. The summed E-state index contributed by atoms with van der Waals surface area (Å²) in [4.78, 5) is 17.2. The van der Waals surface area contributed by atoms with Crippen LogP contribution >= 0.6 is 23.2 Å². The molecule has 6 heteroatoms. The zero-order valence-corrected chi connectivity index (χ0v) is 17.1. The van der Waals surface area contributed by atoms with E-state index in [0.29, 0.717) is 28.9 Å². The molecular weight excluding hydrogens is 383 g/mol. The van der Waals surface area contributed by atoms with Gasteiger partial charge in [0.25, 0.3) is 5.91 Å². The third kappa shape index (κ3) is 5.16. The first-order chi connectivity index (χ1) is 12.8. The molecule has 27 heavy (non-hydrogen) atoms. The Labute approximate surface area is 170 Å². The maximum absolute atomic E-state index is 13.0. The number of piperazine rings is 1. The van der Waals surface area contributed by atoms with Gasteiger partial charge in [0.1, 0.15) is 5.75 Å². The van der Waals surface area contributed by atoms with Gasteiger partial charge < -0.3 is 9.64 Å². The zero-order chi connectivity index (χ0) is 19.4. The minimum atomic E-state index is -1.00. The predicted molar refractivity (Wildman–Crippen MR) is 109 cm³/mol. The third-order valence-electron chi connectivity index (χ3n) is 4.68. The van der Waals surface area contributed by atoms with Crippen LogP contribution in [-0.2, 0) is 11.3 Å². The highest BCUT2D eigenvalue weighted by Gasteiger charge is 2.36. The fourth-order valence-corrected chi connectivity index (χ4v) is 3.66. The van der Waals surface area contributed by atoms with Gasteiger partial charge in [0.05, 0.1) is 5.02 Å². The Morgan fingerprint density at radius 2 is 1.70 bits per heavy atom. The number of amides is 1. The van der Waals surface area contributed by atoms with Gasteiger partial charge in [0, 0.05) is 37.7 Å². The van der Waals surface area contributed by atoms with E-state index in [4.69, 9.17) is 27.9 Å². The highest BCUT2D eigenvalue weighted by Crippen LogP contribution is 2.31. The molecule has 1 fully saturated rings. The average Bonchev–Trinajstić information content (AvgIpc) is 2.65.